The lowest BCUT2D eigenvalue weighted by Gasteiger charge is -2.14. The normalized spacial score (nSPS) is 11.6. The first kappa shape index (κ1) is 15.2. The van der Waals surface area contributed by atoms with Gasteiger partial charge in [0.15, 0.2) is 6.10 Å². The first-order valence-corrected chi connectivity index (χ1v) is 6.47. The van der Waals surface area contributed by atoms with Gasteiger partial charge in [0.2, 0.25) is 0 Å². The Balaban J connectivity index is 2.72. The van der Waals surface area contributed by atoms with Crippen LogP contribution in [-0.4, -0.2) is 12.1 Å². The lowest BCUT2D eigenvalue weighted by molar-refractivity contribution is 0.0377. The second kappa shape index (κ2) is 7.58. The van der Waals surface area contributed by atoms with Crippen LogP contribution in [0, 0.1) is 23.6 Å². The molecule has 2 nitrogen and oxygen atoms in total. The zero-order valence-electron chi connectivity index (χ0n) is 11.6. The van der Waals surface area contributed by atoms with Crippen LogP contribution in [0.15, 0.2) is 24.3 Å². The van der Waals surface area contributed by atoms with E-state index in [4.69, 9.17) is 4.74 Å². The number of carbonyl (C=O) groups is 1. The number of rotatable bonds is 4. The molecular weight excluding hydrogens is 243 g/mol. The molecule has 0 aliphatic carbocycles. The van der Waals surface area contributed by atoms with Crippen molar-refractivity contribution >= 4 is 5.97 Å². The number of ether oxygens (including phenoxy) is 1. The lowest BCUT2D eigenvalue weighted by atomic mass is 10.1. The average Bonchev–Trinajstić information content (AvgIpc) is 2.36. The highest BCUT2D eigenvalue weighted by atomic mass is 19.1. The monoisotopic (exact) mass is 262 g/mol. The molecule has 0 bridgehead atoms. The molecule has 0 heterocycles. The Labute approximate surface area is 114 Å². The molecule has 0 spiro atoms. The Morgan fingerprint density at radius 3 is 2.47 bits per heavy atom. The quantitative estimate of drug-likeness (QED) is 0.609. The van der Waals surface area contributed by atoms with Crippen molar-refractivity contribution in [3.63, 3.8) is 0 Å². The molecule has 0 radical (unpaired) electrons. The summed E-state index contributed by atoms with van der Waals surface area (Å²) in [6, 6.07) is 5.31. The van der Waals surface area contributed by atoms with E-state index in [1.807, 2.05) is 20.8 Å². The molecule has 1 unspecified atom stereocenters. The minimum absolute atomic E-state index is 0.341. The van der Waals surface area contributed by atoms with Crippen LogP contribution in [-0.2, 0) is 4.74 Å². The summed E-state index contributed by atoms with van der Waals surface area (Å²) in [7, 11) is 0. The summed E-state index contributed by atoms with van der Waals surface area (Å²) in [6.07, 6.45) is 1.01. The number of hydrogen-bond donors (Lipinski definition) is 0. The van der Waals surface area contributed by atoms with Crippen molar-refractivity contribution < 1.29 is 13.9 Å². The highest BCUT2D eigenvalue weighted by Gasteiger charge is 2.15. The van der Waals surface area contributed by atoms with Crippen molar-refractivity contribution in [3.8, 4) is 11.8 Å². The fourth-order valence-corrected chi connectivity index (χ4v) is 1.56. The smallest absolute Gasteiger partial charge is 0.339 e. The predicted octanol–water partition coefficient (Wildman–Crippen LogP) is 3.81. The van der Waals surface area contributed by atoms with Gasteiger partial charge in [0, 0.05) is 6.42 Å². The van der Waals surface area contributed by atoms with Crippen LogP contribution in [0.3, 0.4) is 0 Å². The van der Waals surface area contributed by atoms with Gasteiger partial charge >= 0.3 is 5.97 Å². The molecule has 0 aliphatic rings. The van der Waals surface area contributed by atoms with Crippen molar-refractivity contribution in [2.24, 2.45) is 5.92 Å². The summed E-state index contributed by atoms with van der Waals surface area (Å²) in [5.74, 6) is 5.43. The molecule has 102 valence electrons. The molecule has 0 saturated heterocycles. The van der Waals surface area contributed by atoms with Crippen molar-refractivity contribution in [3.05, 3.63) is 35.6 Å². The van der Waals surface area contributed by atoms with E-state index in [2.05, 4.69) is 11.8 Å². The third-order valence-corrected chi connectivity index (χ3v) is 2.45. The van der Waals surface area contributed by atoms with Crippen LogP contribution < -0.4 is 0 Å². The van der Waals surface area contributed by atoms with Gasteiger partial charge in [-0.05, 0) is 36.6 Å². The first-order chi connectivity index (χ1) is 9.02. The van der Waals surface area contributed by atoms with E-state index < -0.39 is 12.1 Å². The van der Waals surface area contributed by atoms with E-state index in [1.54, 1.807) is 0 Å². The maximum Gasteiger partial charge on any atom is 0.339 e. The lowest BCUT2D eigenvalue weighted by Crippen LogP contribution is -2.18. The van der Waals surface area contributed by atoms with E-state index in [-0.39, 0.29) is 5.82 Å². The van der Waals surface area contributed by atoms with Crippen LogP contribution in [0.1, 0.15) is 44.0 Å². The third kappa shape index (κ3) is 5.56. The molecule has 0 aliphatic heterocycles. The zero-order chi connectivity index (χ0) is 14.3. The predicted molar refractivity (Wildman–Crippen MR) is 73.1 cm³/mol. The van der Waals surface area contributed by atoms with Crippen molar-refractivity contribution in [1.82, 2.24) is 0 Å². The molecule has 0 saturated carbocycles. The van der Waals surface area contributed by atoms with Crippen LogP contribution >= 0.6 is 0 Å². The van der Waals surface area contributed by atoms with E-state index in [9.17, 15) is 9.18 Å². The van der Waals surface area contributed by atoms with Crippen LogP contribution in [0.5, 0.6) is 0 Å². The summed E-state index contributed by atoms with van der Waals surface area (Å²) < 4.78 is 18.1. The zero-order valence-corrected chi connectivity index (χ0v) is 11.6. The van der Waals surface area contributed by atoms with Gasteiger partial charge in [-0.1, -0.05) is 32.6 Å². The minimum atomic E-state index is -0.462. The summed E-state index contributed by atoms with van der Waals surface area (Å²) in [6.45, 7) is 6.04. The summed E-state index contributed by atoms with van der Waals surface area (Å²) in [5.41, 5.74) is 0.341. The molecule has 1 aromatic rings. The SMILES string of the molecule is CCC#CC(CC(C)C)OC(=O)c1ccc(F)cc1. The second-order valence-corrected chi connectivity index (χ2v) is 4.71. The summed E-state index contributed by atoms with van der Waals surface area (Å²) in [4.78, 5) is 11.9. The Kier molecular flexibility index (Phi) is 6.08. The molecule has 3 heteroatoms. The van der Waals surface area contributed by atoms with E-state index in [0.29, 0.717) is 17.9 Å². The number of hydrogen-bond acceptors (Lipinski definition) is 2. The van der Waals surface area contributed by atoms with Crippen molar-refractivity contribution in [1.29, 1.82) is 0 Å². The van der Waals surface area contributed by atoms with Gasteiger partial charge in [-0.2, -0.15) is 0 Å². The highest BCUT2D eigenvalue weighted by Crippen LogP contribution is 2.11. The summed E-state index contributed by atoms with van der Waals surface area (Å²) in [5, 5.41) is 0. The average molecular weight is 262 g/mol. The van der Waals surface area contributed by atoms with Gasteiger partial charge in [-0.3, -0.25) is 0 Å². The Morgan fingerprint density at radius 2 is 1.95 bits per heavy atom. The van der Waals surface area contributed by atoms with Gasteiger partial charge in [-0.25, -0.2) is 9.18 Å². The van der Waals surface area contributed by atoms with E-state index in [1.165, 1.54) is 24.3 Å². The minimum Gasteiger partial charge on any atom is -0.446 e. The topological polar surface area (TPSA) is 26.3 Å². The fraction of sp³-hybridized carbons (Fsp3) is 0.438. The summed E-state index contributed by atoms with van der Waals surface area (Å²) >= 11 is 0. The standard InChI is InChI=1S/C16H19FO2/c1-4-5-6-15(11-12(2)3)19-16(18)13-7-9-14(17)10-8-13/h7-10,12,15H,4,11H2,1-3H3. The first-order valence-electron chi connectivity index (χ1n) is 6.47. The van der Waals surface area contributed by atoms with Gasteiger partial charge < -0.3 is 4.74 Å². The molecule has 19 heavy (non-hydrogen) atoms. The number of carbonyl (C=O) groups excluding carboxylic acids is 1. The molecular formula is C16H19FO2. The second-order valence-electron chi connectivity index (χ2n) is 4.71. The molecule has 1 rings (SSSR count). The van der Waals surface area contributed by atoms with Gasteiger partial charge in [-0.15, -0.1) is 0 Å². The van der Waals surface area contributed by atoms with Crippen LogP contribution in [0.4, 0.5) is 4.39 Å². The Hall–Kier alpha value is -1.82. The molecule has 0 fully saturated rings. The number of halogens is 1. The Bertz CT molecular complexity index is 466. The molecule has 1 atom stereocenters. The van der Waals surface area contributed by atoms with Gasteiger partial charge in [0.25, 0.3) is 0 Å². The highest BCUT2D eigenvalue weighted by molar-refractivity contribution is 5.89. The molecule has 1 aromatic carbocycles. The van der Waals surface area contributed by atoms with Gasteiger partial charge in [0.05, 0.1) is 5.56 Å². The van der Waals surface area contributed by atoms with E-state index >= 15 is 0 Å². The molecule has 0 N–H and O–H groups in total. The Morgan fingerprint density at radius 1 is 1.32 bits per heavy atom. The maximum atomic E-state index is 12.8. The van der Waals surface area contributed by atoms with Crippen molar-refractivity contribution in [2.75, 3.05) is 0 Å². The van der Waals surface area contributed by atoms with Crippen LogP contribution in [0.2, 0.25) is 0 Å². The largest absolute Gasteiger partial charge is 0.446 e. The molecule has 0 aromatic heterocycles. The van der Waals surface area contributed by atoms with E-state index in [0.717, 1.165) is 6.42 Å². The third-order valence-electron chi connectivity index (χ3n) is 2.45. The van der Waals surface area contributed by atoms with Crippen LogP contribution in [0.25, 0.3) is 0 Å². The van der Waals surface area contributed by atoms with Gasteiger partial charge in [0.1, 0.15) is 5.82 Å². The number of benzene rings is 1. The maximum absolute atomic E-state index is 12.8. The fourth-order valence-electron chi connectivity index (χ4n) is 1.56. The number of esters is 1. The molecule has 0 amide bonds. The van der Waals surface area contributed by atoms with Crippen molar-refractivity contribution in [2.45, 2.75) is 39.7 Å².